The highest BCUT2D eigenvalue weighted by Gasteiger charge is 1.67. The minimum absolute atomic E-state index is 1.67. The van der Waals surface area contributed by atoms with Crippen LogP contribution in [0.3, 0.4) is 0 Å². The molecule has 0 fully saturated rings. The van der Waals surface area contributed by atoms with Crippen molar-refractivity contribution in [1.29, 1.82) is 0 Å². The molecule has 0 radical (unpaired) electrons. The highest BCUT2D eigenvalue weighted by molar-refractivity contribution is 8.26. The van der Waals surface area contributed by atoms with Crippen LogP contribution in [0.2, 0.25) is 0 Å². The standard InChI is InChI=1S/2C2H4.Cl2OS/c2*1-2;1-4(2)3/h2*1-2H2;. The van der Waals surface area contributed by atoms with E-state index in [0.717, 1.165) is 0 Å². The van der Waals surface area contributed by atoms with Gasteiger partial charge in [0.25, 0.3) is 0 Å². The highest BCUT2D eigenvalue weighted by Crippen LogP contribution is 1.89. The van der Waals surface area contributed by atoms with Crippen molar-refractivity contribution in [2.24, 2.45) is 0 Å². The topological polar surface area (TPSA) is 17.1 Å². The molecule has 4 heteroatoms. The van der Waals surface area contributed by atoms with E-state index >= 15 is 0 Å². The predicted octanol–water partition coefficient (Wildman–Crippen LogP) is 2.65. The molecule has 0 heterocycles. The molecule has 0 spiro atoms. The van der Waals surface area contributed by atoms with Crippen molar-refractivity contribution in [3.8, 4) is 0 Å². The maximum atomic E-state index is 9.09. The van der Waals surface area contributed by atoms with E-state index in [1.165, 1.54) is 0 Å². The molecule has 0 aromatic carbocycles. The fourth-order valence-electron chi connectivity index (χ4n) is 0. The van der Waals surface area contributed by atoms with Crippen LogP contribution in [0, 0.1) is 0 Å². The molecule has 0 unspecified atom stereocenters. The number of hydrogen-bond acceptors (Lipinski definition) is 1. The van der Waals surface area contributed by atoms with Gasteiger partial charge in [-0.05, 0) is 0 Å². The first-order chi connectivity index (χ1) is 3.73. The van der Waals surface area contributed by atoms with Crippen molar-refractivity contribution < 1.29 is 4.21 Å². The molecule has 0 aliphatic carbocycles. The van der Waals surface area contributed by atoms with Gasteiger partial charge in [0, 0.05) is 21.4 Å². The van der Waals surface area contributed by atoms with E-state index in [0.29, 0.717) is 0 Å². The quantitative estimate of drug-likeness (QED) is 0.408. The molecule has 0 aromatic heterocycles. The molecule has 0 atom stereocenters. The van der Waals surface area contributed by atoms with Crippen LogP contribution >= 0.6 is 21.4 Å². The molecule has 50 valence electrons. The Labute approximate surface area is 61.5 Å². The zero-order valence-corrected chi connectivity index (χ0v) is 6.73. The lowest BCUT2D eigenvalue weighted by molar-refractivity contribution is 0.698. The summed E-state index contributed by atoms with van der Waals surface area (Å²) in [4.78, 5) is 0. The van der Waals surface area contributed by atoms with Gasteiger partial charge >= 0.3 is 0 Å². The molecule has 0 rings (SSSR count). The zero-order chi connectivity index (χ0) is 7.58. The van der Waals surface area contributed by atoms with E-state index in [2.05, 4.69) is 47.7 Å². The third-order valence-electron chi connectivity index (χ3n) is 0. The molecule has 0 saturated carbocycles. The first-order valence-electron chi connectivity index (χ1n) is 1.48. The van der Waals surface area contributed by atoms with Crippen LogP contribution < -0.4 is 0 Å². The average Bonchev–Trinajstić information content (AvgIpc) is 1.75. The molecule has 8 heavy (non-hydrogen) atoms. The highest BCUT2D eigenvalue weighted by atomic mass is 36.0. The Hall–Kier alpha value is 0.210. The fraction of sp³-hybridized carbons (Fsp3) is 0. The Balaban J connectivity index is -0.0000000542. The minimum Gasteiger partial charge on any atom is -0.225 e. The number of rotatable bonds is 0. The third-order valence-corrected chi connectivity index (χ3v) is 0. The van der Waals surface area contributed by atoms with Gasteiger partial charge in [-0.15, -0.1) is 26.3 Å². The molecule has 0 aromatic rings. The summed E-state index contributed by atoms with van der Waals surface area (Å²) >= 11 is 0. The smallest absolute Gasteiger partial charge is 0.211 e. The summed E-state index contributed by atoms with van der Waals surface area (Å²) in [6.07, 6.45) is 0. The van der Waals surface area contributed by atoms with Gasteiger partial charge in [-0.2, -0.15) is 0 Å². The second kappa shape index (κ2) is 27.0. The summed E-state index contributed by atoms with van der Waals surface area (Å²) < 4.78 is 9.09. The molecular formula is C4H8Cl2OS. The Bertz CT molecular complexity index is 52.0. The van der Waals surface area contributed by atoms with Crippen molar-refractivity contribution in [3.63, 3.8) is 0 Å². The largest absolute Gasteiger partial charge is 0.225 e. The maximum Gasteiger partial charge on any atom is 0.211 e. The minimum atomic E-state index is -1.67. The van der Waals surface area contributed by atoms with Gasteiger partial charge in [0.1, 0.15) is 0 Å². The second-order valence-electron chi connectivity index (χ2n) is 0.184. The Morgan fingerprint density at radius 1 is 1.00 bits per heavy atom. The molecule has 0 amide bonds. The van der Waals surface area contributed by atoms with Gasteiger partial charge in [-0.1, -0.05) is 0 Å². The number of hydrogen-bond donors (Lipinski definition) is 0. The van der Waals surface area contributed by atoms with Crippen molar-refractivity contribution in [2.45, 2.75) is 0 Å². The Morgan fingerprint density at radius 2 is 1.00 bits per heavy atom. The molecule has 0 saturated heterocycles. The van der Waals surface area contributed by atoms with E-state index < -0.39 is 9.23 Å². The van der Waals surface area contributed by atoms with Gasteiger partial charge in [0.2, 0.25) is 9.23 Å². The first-order valence-corrected chi connectivity index (χ1v) is 4.28. The van der Waals surface area contributed by atoms with Crippen LogP contribution in [0.4, 0.5) is 0 Å². The molecule has 0 aliphatic heterocycles. The van der Waals surface area contributed by atoms with Crippen molar-refractivity contribution in [1.82, 2.24) is 0 Å². The van der Waals surface area contributed by atoms with Crippen LogP contribution in [0.15, 0.2) is 26.3 Å². The van der Waals surface area contributed by atoms with Crippen molar-refractivity contribution in [3.05, 3.63) is 26.3 Å². The second-order valence-corrected chi connectivity index (χ2v) is 2.71. The van der Waals surface area contributed by atoms with E-state index in [1.54, 1.807) is 0 Å². The van der Waals surface area contributed by atoms with E-state index in [9.17, 15) is 0 Å². The normalized spacial score (nSPS) is 5.38. The van der Waals surface area contributed by atoms with Crippen LogP contribution in [-0.2, 0) is 9.23 Å². The average molecular weight is 175 g/mol. The van der Waals surface area contributed by atoms with Gasteiger partial charge in [0.15, 0.2) is 0 Å². The van der Waals surface area contributed by atoms with E-state index in [-0.39, 0.29) is 0 Å². The van der Waals surface area contributed by atoms with Crippen LogP contribution in [0.1, 0.15) is 0 Å². The monoisotopic (exact) mass is 174 g/mol. The Kier molecular flexibility index (Phi) is 53.0. The summed E-state index contributed by atoms with van der Waals surface area (Å²) in [5.41, 5.74) is 0. The van der Waals surface area contributed by atoms with Crippen molar-refractivity contribution in [2.75, 3.05) is 0 Å². The fourth-order valence-corrected chi connectivity index (χ4v) is 0. The summed E-state index contributed by atoms with van der Waals surface area (Å²) in [6.45, 7) is 12.0. The molecule has 0 bridgehead atoms. The molecule has 0 N–H and O–H groups in total. The molecular weight excluding hydrogens is 167 g/mol. The van der Waals surface area contributed by atoms with Gasteiger partial charge in [-0.3, -0.25) is 0 Å². The number of halogens is 2. The van der Waals surface area contributed by atoms with Crippen molar-refractivity contribution >= 4 is 30.6 Å². The van der Waals surface area contributed by atoms with E-state index in [1.807, 2.05) is 0 Å². The van der Waals surface area contributed by atoms with Gasteiger partial charge in [-0.25, -0.2) is 4.21 Å². The van der Waals surface area contributed by atoms with Crippen LogP contribution in [-0.4, -0.2) is 4.21 Å². The van der Waals surface area contributed by atoms with Crippen LogP contribution in [0.25, 0.3) is 0 Å². The Morgan fingerprint density at radius 3 is 1.00 bits per heavy atom. The third kappa shape index (κ3) is 3820. The maximum absolute atomic E-state index is 9.09. The van der Waals surface area contributed by atoms with Gasteiger partial charge in [0.05, 0.1) is 0 Å². The zero-order valence-electron chi connectivity index (χ0n) is 4.40. The summed E-state index contributed by atoms with van der Waals surface area (Å²) in [6, 6.07) is 0. The van der Waals surface area contributed by atoms with Gasteiger partial charge < -0.3 is 0 Å². The lowest BCUT2D eigenvalue weighted by atomic mass is 11.3. The van der Waals surface area contributed by atoms with E-state index in [4.69, 9.17) is 4.21 Å². The SMILES string of the molecule is C=C.C=C.O=S(Cl)Cl. The summed E-state index contributed by atoms with van der Waals surface area (Å²) in [5, 5.41) is 0. The lowest BCUT2D eigenvalue weighted by Gasteiger charge is -1.50. The first kappa shape index (κ1) is 15.7. The summed E-state index contributed by atoms with van der Waals surface area (Å²) in [5.74, 6) is 0. The summed E-state index contributed by atoms with van der Waals surface area (Å²) in [7, 11) is 7.36. The van der Waals surface area contributed by atoms with Crippen LogP contribution in [0.5, 0.6) is 0 Å². The predicted molar refractivity (Wildman–Crippen MR) is 42.4 cm³/mol. The molecule has 0 aliphatic rings. The lowest BCUT2D eigenvalue weighted by Crippen LogP contribution is -1.41. The molecule has 1 nitrogen and oxygen atoms in total.